The van der Waals surface area contributed by atoms with E-state index in [4.69, 9.17) is 14.7 Å². The molecule has 0 aromatic carbocycles. The first-order valence-corrected chi connectivity index (χ1v) is 9.85. The molecule has 1 unspecified atom stereocenters. The molecule has 1 saturated heterocycles. The van der Waals surface area contributed by atoms with Crippen molar-refractivity contribution in [1.29, 1.82) is 0 Å². The van der Waals surface area contributed by atoms with E-state index in [1.807, 2.05) is 0 Å². The van der Waals surface area contributed by atoms with E-state index in [2.05, 4.69) is 29.1 Å². The Morgan fingerprint density at radius 1 is 1.20 bits per heavy atom. The summed E-state index contributed by atoms with van der Waals surface area (Å²) in [5.41, 5.74) is 2.52. The van der Waals surface area contributed by atoms with E-state index in [-0.39, 0.29) is 0 Å². The quantitative estimate of drug-likeness (QED) is 0.880. The summed E-state index contributed by atoms with van der Waals surface area (Å²) in [6, 6.07) is 0.504. The molecule has 1 aromatic heterocycles. The average molecular weight is 345 g/mol. The van der Waals surface area contributed by atoms with Gasteiger partial charge in [-0.15, -0.1) is 0 Å². The fourth-order valence-electron chi connectivity index (χ4n) is 4.47. The SMILES string of the molecule is CC(CN(C)c1nc(C2CCCC2)nc2c1CNC2)N1CCOCC1. The first-order chi connectivity index (χ1) is 12.2. The molecule has 3 aliphatic rings. The number of hydrogen-bond acceptors (Lipinski definition) is 6. The van der Waals surface area contributed by atoms with Gasteiger partial charge in [-0.05, 0) is 19.8 Å². The normalized spacial score (nSPS) is 23.0. The van der Waals surface area contributed by atoms with Gasteiger partial charge in [0.2, 0.25) is 0 Å². The van der Waals surface area contributed by atoms with Crippen LogP contribution in [0.1, 0.15) is 55.6 Å². The lowest BCUT2D eigenvalue weighted by Gasteiger charge is -2.35. The maximum atomic E-state index is 5.49. The summed E-state index contributed by atoms with van der Waals surface area (Å²) in [5, 5.41) is 3.46. The lowest BCUT2D eigenvalue weighted by atomic mass is 10.1. The van der Waals surface area contributed by atoms with Gasteiger partial charge in [0, 0.05) is 57.3 Å². The van der Waals surface area contributed by atoms with Gasteiger partial charge in [0.05, 0.1) is 18.9 Å². The second kappa shape index (κ2) is 7.56. The maximum Gasteiger partial charge on any atom is 0.136 e. The minimum Gasteiger partial charge on any atom is -0.379 e. The molecule has 3 heterocycles. The number of aromatic nitrogens is 2. The van der Waals surface area contributed by atoms with Crippen molar-refractivity contribution < 1.29 is 4.74 Å². The molecule has 0 bridgehead atoms. The topological polar surface area (TPSA) is 53.5 Å². The average Bonchev–Trinajstić information content (AvgIpc) is 3.32. The Kier molecular flexibility index (Phi) is 5.20. The van der Waals surface area contributed by atoms with Gasteiger partial charge in [-0.3, -0.25) is 4.90 Å². The fraction of sp³-hybridized carbons (Fsp3) is 0.789. The van der Waals surface area contributed by atoms with Gasteiger partial charge >= 0.3 is 0 Å². The largest absolute Gasteiger partial charge is 0.379 e. The number of nitrogens with one attached hydrogen (secondary N) is 1. The smallest absolute Gasteiger partial charge is 0.136 e. The number of fused-ring (bicyclic) bond motifs is 1. The van der Waals surface area contributed by atoms with Crippen LogP contribution in [0.2, 0.25) is 0 Å². The van der Waals surface area contributed by atoms with Crippen LogP contribution in [-0.4, -0.2) is 60.8 Å². The van der Waals surface area contributed by atoms with Crippen molar-refractivity contribution in [2.24, 2.45) is 0 Å². The van der Waals surface area contributed by atoms with Crippen LogP contribution in [0.4, 0.5) is 5.82 Å². The molecule has 1 aromatic rings. The van der Waals surface area contributed by atoms with Gasteiger partial charge < -0.3 is 15.0 Å². The molecule has 4 rings (SSSR count). The van der Waals surface area contributed by atoms with E-state index >= 15 is 0 Å². The van der Waals surface area contributed by atoms with Gasteiger partial charge in [-0.25, -0.2) is 9.97 Å². The minimum absolute atomic E-state index is 0.504. The van der Waals surface area contributed by atoms with Gasteiger partial charge in [0.1, 0.15) is 11.6 Å². The maximum absolute atomic E-state index is 5.49. The van der Waals surface area contributed by atoms with Gasteiger partial charge in [0.15, 0.2) is 0 Å². The zero-order valence-corrected chi connectivity index (χ0v) is 15.6. The molecular weight excluding hydrogens is 314 g/mol. The molecule has 1 atom stereocenters. The number of likely N-dealkylation sites (N-methyl/N-ethyl adjacent to an activating group) is 1. The zero-order valence-electron chi connectivity index (χ0n) is 15.6. The van der Waals surface area contributed by atoms with Gasteiger partial charge in [-0.2, -0.15) is 0 Å². The van der Waals surface area contributed by atoms with Gasteiger partial charge in [0.25, 0.3) is 0 Å². The molecule has 0 spiro atoms. The first-order valence-electron chi connectivity index (χ1n) is 9.85. The number of anilines is 1. The van der Waals surface area contributed by atoms with Crippen LogP contribution in [0.3, 0.4) is 0 Å². The van der Waals surface area contributed by atoms with Crippen LogP contribution in [0.5, 0.6) is 0 Å². The van der Waals surface area contributed by atoms with Crippen molar-refractivity contribution in [3.05, 3.63) is 17.1 Å². The summed E-state index contributed by atoms with van der Waals surface area (Å²) in [6.07, 6.45) is 5.14. The predicted octanol–water partition coefficient (Wildman–Crippen LogP) is 1.89. The van der Waals surface area contributed by atoms with Crippen LogP contribution in [0.15, 0.2) is 0 Å². The summed E-state index contributed by atoms with van der Waals surface area (Å²) in [7, 11) is 2.19. The zero-order chi connectivity index (χ0) is 17.2. The van der Waals surface area contributed by atoms with E-state index < -0.39 is 0 Å². The van der Waals surface area contributed by atoms with Crippen LogP contribution in [-0.2, 0) is 17.8 Å². The van der Waals surface area contributed by atoms with Crippen LogP contribution >= 0.6 is 0 Å². The molecule has 1 saturated carbocycles. The molecule has 138 valence electrons. The molecular formula is C19H31N5O. The molecule has 1 N–H and O–H groups in total. The fourth-order valence-corrected chi connectivity index (χ4v) is 4.47. The third kappa shape index (κ3) is 3.66. The number of ether oxygens (including phenoxy) is 1. The van der Waals surface area contributed by atoms with Crippen LogP contribution in [0, 0.1) is 0 Å². The highest BCUT2D eigenvalue weighted by molar-refractivity contribution is 5.50. The number of rotatable bonds is 5. The second-order valence-electron chi connectivity index (χ2n) is 7.79. The molecule has 25 heavy (non-hydrogen) atoms. The molecule has 2 aliphatic heterocycles. The minimum atomic E-state index is 0.504. The summed E-state index contributed by atoms with van der Waals surface area (Å²) < 4.78 is 5.49. The monoisotopic (exact) mass is 345 g/mol. The predicted molar refractivity (Wildman–Crippen MR) is 98.9 cm³/mol. The summed E-state index contributed by atoms with van der Waals surface area (Å²) in [4.78, 5) is 14.9. The van der Waals surface area contributed by atoms with E-state index in [1.54, 1.807) is 0 Å². The van der Waals surface area contributed by atoms with Gasteiger partial charge in [-0.1, -0.05) is 12.8 Å². The Morgan fingerprint density at radius 3 is 2.72 bits per heavy atom. The van der Waals surface area contributed by atoms with Crippen LogP contribution < -0.4 is 10.2 Å². The molecule has 0 amide bonds. The lowest BCUT2D eigenvalue weighted by molar-refractivity contribution is 0.0217. The Morgan fingerprint density at radius 2 is 1.96 bits per heavy atom. The molecule has 1 aliphatic carbocycles. The van der Waals surface area contributed by atoms with Crippen molar-refractivity contribution in [2.75, 3.05) is 44.8 Å². The molecule has 0 radical (unpaired) electrons. The Labute approximate surface area is 151 Å². The van der Waals surface area contributed by atoms with E-state index in [9.17, 15) is 0 Å². The van der Waals surface area contributed by atoms with E-state index in [0.29, 0.717) is 12.0 Å². The van der Waals surface area contributed by atoms with Crippen molar-refractivity contribution >= 4 is 5.82 Å². The van der Waals surface area contributed by atoms with Crippen molar-refractivity contribution in [3.8, 4) is 0 Å². The summed E-state index contributed by atoms with van der Waals surface area (Å²) in [5.74, 6) is 2.80. The highest BCUT2D eigenvalue weighted by Crippen LogP contribution is 2.35. The van der Waals surface area contributed by atoms with E-state index in [1.165, 1.54) is 36.9 Å². The third-order valence-corrected chi connectivity index (χ3v) is 5.97. The first kappa shape index (κ1) is 17.2. The molecule has 6 heteroatoms. The van der Waals surface area contributed by atoms with Crippen LogP contribution in [0.25, 0.3) is 0 Å². The van der Waals surface area contributed by atoms with Crippen molar-refractivity contribution in [2.45, 2.75) is 57.7 Å². The Hall–Kier alpha value is -1.24. The number of nitrogens with zero attached hydrogens (tertiary/aromatic N) is 4. The number of morpholine rings is 1. The Balaban J connectivity index is 1.53. The summed E-state index contributed by atoms with van der Waals surface area (Å²) >= 11 is 0. The van der Waals surface area contributed by atoms with Crippen molar-refractivity contribution in [3.63, 3.8) is 0 Å². The van der Waals surface area contributed by atoms with E-state index in [0.717, 1.165) is 57.6 Å². The van der Waals surface area contributed by atoms with Crippen molar-refractivity contribution in [1.82, 2.24) is 20.2 Å². The highest BCUT2D eigenvalue weighted by atomic mass is 16.5. The Bertz CT molecular complexity index is 596. The highest BCUT2D eigenvalue weighted by Gasteiger charge is 2.27. The second-order valence-corrected chi connectivity index (χ2v) is 7.79. The standard InChI is InChI=1S/C19H31N5O/c1-14(24-7-9-25-10-8-24)13-23(2)19-16-11-20-12-17(16)21-18(22-19)15-5-3-4-6-15/h14-15,20H,3-13H2,1-2H3. The summed E-state index contributed by atoms with van der Waals surface area (Å²) in [6.45, 7) is 8.87. The molecule has 2 fully saturated rings. The number of hydrogen-bond donors (Lipinski definition) is 1. The third-order valence-electron chi connectivity index (χ3n) is 5.97. The lowest BCUT2D eigenvalue weighted by Crippen LogP contribution is -2.47. The molecule has 6 nitrogen and oxygen atoms in total.